The molecule has 22 heavy (non-hydrogen) atoms. The lowest BCUT2D eigenvalue weighted by molar-refractivity contribution is -0.0367. The Morgan fingerprint density at radius 1 is 1.36 bits per heavy atom. The fourth-order valence-electron chi connectivity index (χ4n) is 3.05. The summed E-state index contributed by atoms with van der Waals surface area (Å²) in [5.74, 6) is 0. The maximum absolute atomic E-state index is 12.5. The molecule has 1 saturated heterocycles. The van der Waals surface area contributed by atoms with Crippen molar-refractivity contribution in [2.45, 2.75) is 32.0 Å². The smallest absolute Gasteiger partial charge is 0.411 e. The number of ether oxygens (including phenoxy) is 2. The van der Waals surface area contributed by atoms with Crippen LogP contribution in [0.25, 0.3) is 0 Å². The van der Waals surface area contributed by atoms with Crippen molar-refractivity contribution in [1.29, 1.82) is 0 Å². The molecule has 0 saturated carbocycles. The van der Waals surface area contributed by atoms with E-state index in [1.54, 1.807) is 0 Å². The second kappa shape index (κ2) is 6.79. The van der Waals surface area contributed by atoms with Gasteiger partial charge in [0.25, 0.3) is 0 Å². The number of fused-ring (bicyclic) bond motifs is 2. The van der Waals surface area contributed by atoms with E-state index < -0.39 is 0 Å². The Hall–Kier alpha value is -2.07. The van der Waals surface area contributed by atoms with Crippen molar-refractivity contribution in [3.63, 3.8) is 0 Å². The molecular formula is C18H21NO3. The van der Waals surface area contributed by atoms with Crippen LogP contribution >= 0.6 is 0 Å². The minimum atomic E-state index is -0.252. The zero-order chi connectivity index (χ0) is 15.4. The summed E-state index contributed by atoms with van der Waals surface area (Å²) in [6.45, 7) is 3.43. The first-order valence-electron chi connectivity index (χ1n) is 7.68. The summed E-state index contributed by atoms with van der Waals surface area (Å²) < 4.78 is 11.1. The van der Waals surface area contributed by atoms with Crippen molar-refractivity contribution >= 4 is 6.09 Å². The molecule has 0 aromatic heterocycles. The standard InChI is InChI=1S/C18H21NO3/c1-2-6-15-9-16-12-21-13-17(10-15)19(16)18(20)22-11-14-7-4-3-5-8-14/h2-9,16-17H,10-13H2,1H3/b6-2-. The first-order valence-corrected chi connectivity index (χ1v) is 7.68. The van der Waals surface area contributed by atoms with E-state index in [-0.39, 0.29) is 18.2 Å². The van der Waals surface area contributed by atoms with E-state index in [1.807, 2.05) is 48.2 Å². The molecule has 1 aromatic rings. The van der Waals surface area contributed by atoms with Crippen LogP contribution in [0.2, 0.25) is 0 Å². The number of rotatable bonds is 3. The van der Waals surface area contributed by atoms with Gasteiger partial charge in [0, 0.05) is 0 Å². The molecule has 4 nitrogen and oxygen atoms in total. The van der Waals surface area contributed by atoms with Crippen molar-refractivity contribution in [2.75, 3.05) is 13.2 Å². The van der Waals surface area contributed by atoms with Crippen LogP contribution in [0.5, 0.6) is 0 Å². The number of allylic oxidation sites excluding steroid dienone is 2. The van der Waals surface area contributed by atoms with Crippen LogP contribution in [0.3, 0.4) is 0 Å². The van der Waals surface area contributed by atoms with Gasteiger partial charge in [0.05, 0.1) is 25.3 Å². The molecule has 2 atom stereocenters. The zero-order valence-electron chi connectivity index (χ0n) is 12.8. The van der Waals surface area contributed by atoms with Gasteiger partial charge in [-0.3, -0.25) is 4.90 Å². The van der Waals surface area contributed by atoms with Crippen LogP contribution in [0.4, 0.5) is 4.79 Å². The van der Waals surface area contributed by atoms with Gasteiger partial charge < -0.3 is 9.47 Å². The van der Waals surface area contributed by atoms with Gasteiger partial charge in [-0.1, -0.05) is 48.6 Å². The molecule has 116 valence electrons. The Morgan fingerprint density at radius 2 is 2.18 bits per heavy atom. The largest absolute Gasteiger partial charge is 0.445 e. The number of benzene rings is 1. The average molecular weight is 299 g/mol. The number of nitrogens with zero attached hydrogens (tertiary/aromatic N) is 1. The number of hydrogen-bond acceptors (Lipinski definition) is 3. The van der Waals surface area contributed by atoms with E-state index in [9.17, 15) is 4.79 Å². The molecule has 2 unspecified atom stereocenters. The molecule has 0 N–H and O–H groups in total. The second-order valence-electron chi connectivity index (χ2n) is 5.65. The Bertz CT molecular complexity index is 579. The third-order valence-electron chi connectivity index (χ3n) is 4.02. The van der Waals surface area contributed by atoms with Gasteiger partial charge in [0.15, 0.2) is 0 Å². The summed E-state index contributed by atoms with van der Waals surface area (Å²) in [6.07, 6.45) is 6.82. The highest BCUT2D eigenvalue weighted by atomic mass is 16.6. The van der Waals surface area contributed by atoms with Crippen molar-refractivity contribution in [2.24, 2.45) is 0 Å². The van der Waals surface area contributed by atoms with Gasteiger partial charge in [-0.05, 0) is 24.5 Å². The van der Waals surface area contributed by atoms with E-state index in [0.29, 0.717) is 19.8 Å². The number of amides is 1. The SMILES string of the molecule is C/C=C\C1=CC2COCC(C1)N2C(=O)OCc1ccccc1. The number of carbonyl (C=O) groups excluding carboxylic acids is 1. The Balaban J connectivity index is 1.67. The summed E-state index contributed by atoms with van der Waals surface area (Å²) in [5, 5.41) is 0. The third kappa shape index (κ3) is 3.22. The number of carbonyl (C=O) groups is 1. The first-order chi connectivity index (χ1) is 10.8. The van der Waals surface area contributed by atoms with Gasteiger partial charge in [0.2, 0.25) is 0 Å². The summed E-state index contributed by atoms with van der Waals surface area (Å²) in [6, 6.07) is 9.79. The maximum Gasteiger partial charge on any atom is 0.411 e. The number of morpholine rings is 1. The molecule has 1 fully saturated rings. The highest BCUT2D eigenvalue weighted by molar-refractivity contribution is 5.69. The minimum Gasteiger partial charge on any atom is -0.445 e. The summed E-state index contributed by atoms with van der Waals surface area (Å²) >= 11 is 0. The van der Waals surface area contributed by atoms with Crippen LogP contribution in [0, 0.1) is 0 Å². The summed E-state index contributed by atoms with van der Waals surface area (Å²) in [5.41, 5.74) is 2.27. The predicted octanol–water partition coefficient (Wildman–Crippen LogP) is 3.30. The van der Waals surface area contributed by atoms with Crippen molar-refractivity contribution in [3.8, 4) is 0 Å². The average Bonchev–Trinajstić information content (AvgIpc) is 2.53. The van der Waals surface area contributed by atoms with E-state index in [2.05, 4.69) is 12.2 Å². The molecule has 0 radical (unpaired) electrons. The summed E-state index contributed by atoms with van der Waals surface area (Å²) in [7, 11) is 0. The Morgan fingerprint density at radius 3 is 2.91 bits per heavy atom. The molecule has 2 heterocycles. The molecule has 0 spiro atoms. The normalized spacial score (nSPS) is 24.2. The lowest BCUT2D eigenvalue weighted by atomic mass is 9.94. The molecule has 2 aliphatic heterocycles. The highest BCUT2D eigenvalue weighted by Crippen LogP contribution is 2.28. The Labute approximate surface area is 131 Å². The molecule has 2 bridgehead atoms. The highest BCUT2D eigenvalue weighted by Gasteiger charge is 2.38. The van der Waals surface area contributed by atoms with Crippen LogP contribution in [0.15, 0.2) is 54.1 Å². The van der Waals surface area contributed by atoms with E-state index in [4.69, 9.17) is 9.47 Å². The predicted molar refractivity (Wildman–Crippen MR) is 84.4 cm³/mol. The van der Waals surface area contributed by atoms with Gasteiger partial charge in [-0.15, -0.1) is 0 Å². The van der Waals surface area contributed by atoms with Gasteiger partial charge in [0.1, 0.15) is 6.61 Å². The van der Waals surface area contributed by atoms with Gasteiger partial charge in [-0.25, -0.2) is 4.79 Å². The zero-order valence-corrected chi connectivity index (χ0v) is 12.8. The quantitative estimate of drug-likeness (QED) is 0.859. The minimum absolute atomic E-state index is 0.0260. The molecule has 3 rings (SSSR count). The fourth-order valence-corrected chi connectivity index (χ4v) is 3.05. The molecule has 2 aliphatic rings. The molecule has 1 amide bonds. The molecular weight excluding hydrogens is 278 g/mol. The third-order valence-corrected chi connectivity index (χ3v) is 4.02. The van der Waals surface area contributed by atoms with Crippen molar-refractivity contribution < 1.29 is 14.3 Å². The topological polar surface area (TPSA) is 38.8 Å². The Kier molecular flexibility index (Phi) is 4.59. The van der Waals surface area contributed by atoms with Gasteiger partial charge >= 0.3 is 6.09 Å². The van der Waals surface area contributed by atoms with Crippen LogP contribution in [-0.4, -0.2) is 36.3 Å². The van der Waals surface area contributed by atoms with Crippen molar-refractivity contribution in [3.05, 3.63) is 59.7 Å². The van der Waals surface area contributed by atoms with E-state index >= 15 is 0 Å². The van der Waals surface area contributed by atoms with Crippen LogP contribution < -0.4 is 0 Å². The second-order valence-corrected chi connectivity index (χ2v) is 5.65. The van der Waals surface area contributed by atoms with E-state index in [0.717, 1.165) is 12.0 Å². The molecule has 1 aromatic carbocycles. The van der Waals surface area contributed by atoms with Crippen LogP contribution in [-0.2, 0) is 16.1 Å². The molecule has 4 heteroatoms. The first kappa shape index (κ1) is 14.9. The monoisotopic (exact) mass is 299 g/mol. The van der Waals surface area contributed by atoms with Gasteiger partial charge in [-0.2, -0.15) is 0 Å². The van der Waals surface area contributed by atoms with Crippen LogP contribution in [0.1, 0.15) is 18.9 Å². The lowest BCUT2D eigenvalue weighted by Gasteiger charge is -2.43. The maximum atomic E-state index is 12.5. The summed E-state index contributed by atoms with van der Waals surface area (Å²) in [4.78, 5) is 14.3. The lowest BCUT2D eigenvalue weighted by Crippen LogP contribution is -2.56. The van der Waals surface area contributed by atoms with Crippen molar-refractivity contribution in [1.82, 2.24) is 4.90 Å². The van der Waals surface area contributed by atoms with E-state index in [1.165, 1.54) is 5.57 Å². The fraction of sp³-hybridized carbons (Fsp3) is 0.389. The number of hydrogen-bond donors (Lipinski definition) is 0. The molecule has 0 aliphatic carbocycles.